The standard InChI is InChI=1S/C24H19F9N2O3/c25-22(26,27)13-3-4-18-16(9-13)17(10-19(12-1-2-12)35(18)21(37)38)34-20(36)7-11-5-14(23(28,29)30)8-15(6-11)24(31,32)33/h3-6,8-9,12,17,19H,1-2,7,10H2,(H,34,36)(H,37,38). The van der Waals surface area contributed by atoms with E-state index in [0.29, 0.717) is 37.1 Å². The van der Waals surface area contributed by atoms with Crippen molar-refractivity contribution in [2.75, 3.05) is 4.90 Å². The Morgan fingerprint density at radius 2 is 1.39 bits per heavy atom. The number of amides is 2. The highest BCUT2D eigenvalue weighted by Gasteiger charge is 2.45. The van der Waals surface area contributed by atoms with E-state index < -0.39 is 71.3 Å². The fraction of sp³-hybridized carbons (Fsp3) is 0.417. The molecule has 0 spiro atoms. The summed E-state index contributed by atoms with van der Waals surface area (Å²) in [6.45, 7) is 0. The monoisotopic (exact) mass is 554 g/mol. The third-order valence-electron chi connectivity index (χ3n) is 6.52. The molecule has 2 atom stereocenters. The molecule has 5 nitrogen and oxygen atoms in total. The zero-order chi connectivity index (χ0) is 28.2. The van der Waals surface area contributed by atoms with Gasteiger partial charge in [-0.3, -0.25) is 9.69 Å². The normalized spacial score (nSPS) is 20.2. The summed E-state index contributed by atoms with van der Waals surface area (Å²) in [5, 5.41) is 12.1. The lowest BCUT2D eigenvalue weighted by atomic mass is 9.87. The van der Waals surface area contributed by atoms with Crippen LogP contribution in [0.1, 0.15) is 53.1 Å². The summed E-state index contributed by atoms with van der Waals surface area (Å²) in [6.07, 6.45) is -16.2. The molecule has 2 amide bonds. The fourth-order valence-electron chi connectivity index (χ4n) is 4.70. The van der Waals surface area contributed by atoms with Gasteiger partial charge < -0.3 is 10.4 Å². The molecular weight excluding hydrogens is 535 g/mol. The van der Waals surface area contributed by atoms with E-state index in [-0.39, 0.29) is 29.7 Å². The lowest BCUT2D eigenvalue weighted by molar-refractivity contribution is -0.143. The van der Waals surface area contributed by atoms with Crippen molar-refractivity contribution in [3.05, 3.63) is 64.2 Å². The van der Waals surface area contributed by atoms with Gasteiger partial charge in [0.15, 0.2) is 0 Å². The van der Waals surface area contributed by atoms with Gasteiger partial charge in [-0.2, -0.15) is 39.5 Å². The zero-order valence-corrected chi connectivity index (χ0v) is 19.1. The predicted molar refractivity (Wildman–Crippen MR) is 114 cm³/mol. The Morgan fingerprint density at radius 3 is 1.87 bits per heavy atom. The van der Waals surface area contributed by atoms with Gasteiger partial charge in [0.1, 0.15) is 0 Å². The van der Waals surface area contributed by atoms with Crippen molar-refractivity contribution in [1.82, 2.24) is 5.32 Å². The predicted octanol–water partition coefficient (Wildman–Crippen LogP) is 6.81. The molecule has 0 saturated heterocycles. The summed E-state index contributed by atoms with van der Waals surface area (Å²) >= 11 is 0. The molecule has 0 radical (unpaired) electrons. The van der Waals surface area contributed by atoms with Crippen LogP contribution in [0.5, 0.6) is 0 Å². The molecule has 2 N–H and O–H groups in total. The number of carbonyl (C=O) groups excluding carboxylic acids is 1. The van der Waals surface area contributed by atoms with Crippen molar-refractivity contribution in [1.29, 1.82) is 0 Å². The number of fused-ring (bicyclic) bond motifs is 1. The molecule has 1 fully saturated rings. The summed E-state index contributed by atoms with van der Waals surface area (Å²) < 4.78 is 119. The van der Waals surface area contributed by atoms with Gasteiger partial charge in [-0.05, 0) is 72.7 Å². The largest absolute Gasteiger partial charge is 0.465 e. The highest BCUT2D eigenvalue weighted by Crippen LogP contribution is 2.47. The van der Waals surface area contributed by atoms with Gasteiger partial charge in [-0.15, -0.1) is 0 Å². The number of alkyl halides is 9. The second-order valence-corrected chi connectivity index (χ2v) is 9.28. The quantitative estimate of drug-likeness (QED) is 0.408. The Bertz CT molecular complexity index is 1220. The fourth-order valence-corrected chi connectivity index (χ4v) is 4.70. The van der Waals surface area contributed by atoms with Gasteiger partial charge in [0.05, 0.1) is 34.8 Å². The van der Waals surface area contributed by atoms with Gasteiger partial charge in [-0.25, -0.2) is 4.79 Å². The minimum atomic E-state index is -5.12. The van der Waals surface area contributed by atoms with E-state index in [1.165, 1.54) is 0 Å². The molecule has 2 unspecified atom stereocenters. The van der Waals surface area contributed by atoms with Crippen LogP contribution in [0.15, 0.2) is 36.4 Å². The first kappa shape index (κ1) is 27.6. The molecule has 1 heterocycles. The number of carbonyl (C=O) groups is 2. The number of carboxylic acid groups (broad SMARTS) is 1. The molecule has 4 rings (SSSR count). The number of halogens is 9. The first-order valence-corrected chi connectivity index (χ1v) is 11.3. The molecule has 2 aromatic carbocycles. The summed E-state index contributed by atoms with van der Waals surface area (Å²) in [5.41, 5.74) is -5.20. The van der Waals surface area contributed by atoms with Gasteiger partial charge in [0.2, 0.25) is 5.91 Å². The molecule has 14 heteroatoms. The van der Waals surface area contributed by atoms with E-state index in [1.54, 1.807) is 0 Å². The van der Waals surface area contributed by atoms with E-state index in [2.05, 4.69) is 5.32 Å². The second kappa shape index (κ2) is 9.38. The average Bonchev–Trinajstić information content (AvgIpc) is 3.61. The minimum absolute atomic E-state index is 0.0851. The van der Waals surface area contributed by atoms with Crippen molar-refractivity contribution in [2.45, 2.75) is 56.3 Å². The van der Waals surface area contributed by atoms with E-state index in [1.807, 2.05) is 0 Å². The molecule has 1 aliphatic carbocycles. The highest BCUT2D eigenvalue weighted by molar-refractivity contribution is 5.89. The van der Waals surface area contributed by atoms with Crippen LogP contribution in [-0.4, -0.2) is 23.1 Å². The lowest BCUT2D eigenvalue weighted by Gasteiger charge is -2.40. The molecule has 2 aromatic rings. The van der Waals surface area contributed by atoms with Crippen molar-refractivity contribution in [3.8, 4) is 0 Å². The van der Waals surface area contributed by atoms with Gasteiger partial charge in [0, 0.05) is 6.04 Å². The summed E-state index contributed by atoms with van der Waals surface area (Å²) in [4.78, 5) is 25.7. The molecule has 0 bridgehead atoms. The lowest BCUT2D eigenvalue weighted by Crippen LogP contribution is -2.48. The Hall–Kier alpha value is -3.45. The van der Waals surface area contributed by atoms with Crippen LogP contribution >= 0.6 is 0 Å². The topological polar surface area (TPSA) is 69.6 Å². The molecule has 2 aliphatic rings. The first-order valence-electron chi connectivity index (χ1n) is 11.3. The maximum absolute atomic E-state index is 13.4. The SMILES string of the molecule is O=C(Cc1cc(C(F)(F)F)cc(C(F)(F)F)c1)NC1CC(C2CC2)N(C(=O)O)c2ccc(C(F)(F)F)cc21. The molecule has 38 heavy (non-hydrogen) atoms. The Morgan fingerprint density at radius 1 is 0.842 bits per heavy atom. The molecule has 0 aromatic heterocycles. The second-order valence-electron chi connectivity index (χ2n) is 9.28. The van der Waals surface area contributed by atoms with Crippen molar-refractivity contribution >= 4 is 17.7 Å². The smallest absolute Gasteiger partial charge is 0.416 e. The van der Waals surface area contributed by atoms with Gasteiger partial charge in [-0.1, -0.05) is 0 Å². The highest BCUT2D eigenvalue weighted by atomic mass is 19.4. The number of nitrogens with one attached hydrogen (secondary N) is 1. The maximum Gasteiger partial charge on any atom is 0.416 e. The number of hydrogen-bond donors (Lipinski definition) is 2. The number of benzene rings is 2. The summed E-state index contributed by atoms with van der Waals surface area (Å²) in [7, 11) is 0. The van der Waals surface area contributed by atoms with Crippen molar-refractivity contribution in [3.63, 3.8) is 0 Å². The van der Waals surface area contributed by atoms with E-state index in [0.717, 1.165) is 11.0 Å². The zero-order valence-electron chi connectivity index (χ0n) is 19.1. The summed E-state index contributed by atoms with van der Waals surface area (Å²) in [6, 6.07) is 1.21. The van der Waals surface area contributed by atoms with Crippen LogP contribution in [-0.2, 0) is 29.7 Å². The van der Waals surface area contributed by atoms with Crippen LogP contribution in [0.4, 0.5) is 50.0 Å². The molecule has 206 valence electrons. The number of nitrogens with zero attached hydrogens (tertiary/aromatic N) is 1. The third-order valence-corrected chi connectivity index (χ3v) is 6.52. The number of rotatable bonds is 4. The molecule has 1 saturated carbocycles. The van der Waals surface area contributed by atoms with E-state index in [4.69, 9.17) is 0 Å². The van der Waals surface area contributed by atoms with Gasteiger partial charge >= 0.3 is 24.6 Å². The average molecular weight is 554 g/mol. The Balaban J connectivity index is 1.67. The van der Waals surface area contributed by atoms with Crippen LogP contribution in [0.2, 0.25) is 0 Å². The number of hydrogen-bond acceptors (Lipinski definition) is 2. The van der Waals surface area contributed by atoms with Crippen LogP contribution in [0, 0.1) is 5.92 Å². The molecular formula is C24H19F9N2O3. The van der Waals surface area contributed by atoms with E-state index >= 15 is 0 Å². The van der Waals surface area contributed by atoms with Crippen LogP contribution < -0.4 is 10.2 Å². The summed E-state index contributed by atoms with van der Waals surface area (Å²) in [5.74, 6) is -1.15. The third kappa shape index (κ3) is 5.83. The van der Waals surface area contributed by atoms with Crippen molar-refractivity contribution in [2.24, 2.45) is 5.92 Å². The Labute approximate surface area is 209 Å². The maximum atomic E-state index is 13.4. The molecule has 1 aliphatic heterocycles. The minimum Gasteiger partial charge on any atom is -0.465 e. The number of anilines is 1. The van der Waals surface area contributed by atoms with E-state index in [9.17, 15) is 54.2 Å². The Kier molecular flexibility index (Phi) is 6.81. The van der Waals surface area contributed by atoms with Crippen LogP contribution in [0.3, 0.4) is 0 Å². The van der Waals surface area contributed by atoms with Crippen molar-refractivity contribution < 1.29 is 54.2 Å². The van der Waals surface area contributed by atoms with Crippen LogP contribution in [0.25, 0.3) is 0 Å². The van der Waals surface area contributed by atoms with Gasteiger partial charge in [0.25, 0.3) is 0 Å². The first-order chi connectivity index (χ1) is 17.4.